The van der Waals surface area contributed by atoms with Gasteiger partial charge in [0.05, 0.1) is 0 Å². The van der Waals surface area contributed by atoms with Gasteiger partial charge in [0.2, 0.25) is 0 Å². The monoisotopic (exact) mass is 203 g/mol. The Labute approximate surface area is 89.3 Å². The second kappa shape index (κ2) is 7.69. The Morgan fingerprint density at radius 1 is 1.23 bits per heavy atom. The van der Waals surface area contributed by atoms with Gasteiger partial charge in [-0.05, 0) is 51.4 Å². The maximum absolute atomic E-state index is 4.25. The molecule has 0 spiro atoms. The second-order valence-electron chi connectivity index (χ2n) is 4.14. The summed E-state index contributed by atoms with van der Waals surface area (Å²) in [5.41, 5.74) is 0. The molecule has 0 saturated heterocycles. The molecule has 0 amide bonds. The normalized spacial score (nSPS) is 16.2. The summed E-state index contributed by atoms with van der Waals surface area (Å²) in [6.07, 6.45) is 3.80. The molecule has 0 aliphatic rings. The lowest BCUT2D eigenvalue weighted by molar-refractivity contribution is 0.234. The van der Waals surface area contributed by atoms with Crippen molar-refractivity contribution in [2.75, 3.05) is 19.3 Å². The third-order valence-corrected chi connectivity index (χ3v) is 3.20. The molecule has 2 atom stereocenters. The summed E-state index contributed by atoms with van der Waals surface area (Å²) in [5.74, 6) is 1.85. The van der Waals surface area contributed by atoms with Crippen LogP contribution in [-0.2, 0) is 0 Å². The SMILES string of the molecule is CCC(C)N(C)CCC(C)CCS. The summed E-state index contributed by atoms with van der Waals surface area (Å²) in [6.45, 7) is 8.09. The van der Waals surface area contributed by atoms with Crippen LogP contribution >= 0.6 is 12.6 Å². The Balaban J connectivity index is 3.50. The molecular formula is C11H25NS. The van der Waals surface area contributed by atoms with Gasteiger partial charge < -0.3 is 4.90 Å². The van der Waals surface area contributed by atoms with E-state index in [1.807, 2.05) is 0 Å². The summed E-state index contributed by atoms with van der Waals surface area (Å²) >= 11 is 4.25. The van der Waals surface area contributed by atoms with Gasteiger partial charge in [0.1, 0.15) is 0 Å². The Morgan fingerprint density at radius 3 is 2.31 bits per heavy atom. The van der Waals surface area contributed by atoms with Crippen molar-refractivity contribution in [2.24, 2.45) is 5.92 Å². The molecule has 0 bridgehead atoms. The van der Waals surface area contributed by atoms with E-state index in [-0.39, 0.29) is 0 Å². The number of nitrogens with zero attached hydrogens (tertiary/aromatic N) is 1. The second-order valence-corrected chi connectivity index (χ2v) is 4.59. The van der Waals surface area contributed by atoms with E-state index in [9.17, 15) is 0 Å². The predicted molar refractivity (Wildman–Crippen MR) is 64.6 cm³/mol. The summed E-state index contributed by atoms with van der Waals surface area (Å²) in [6, 6.07) is 0.725. The molecule has 0 N–H and O–H groups in total. The third-order valence-electron chi connectivity index (χ3n) is 2.94. The smallest absolute Gasteiger partial charge is 0.00612 e. The largest absolute Gasteiger partial charge is 0.304 e. The maximum Gasteiger partial charge on any atom is 0.00612 e. The Morgan fingerprint density at radius 2 is 1.85 bits per heavy atom. The summed E-state index contributed by atoms with van der Waals surface area (Å²) in [4.78, 5) is 2.45. The molecule has 0 rings (SSSR count). The average molecular weight is 203 g/mol. The van der Waals surface area contributed by atoms with Gasteiger partial charge in [-0.15, -0.1) is 0 Å². The van der Waals surface area contributed by atoms with Crippen LogP contribution in [0.1, 0.15) is 40.0 Å². The zero-order valence-corrected chi connectivity index (χ0v) is 10.5. The third kappa shape index (κ3) is 6.39. The lowest BCUT2D eigenvalue weighted by Crippen LogP contribution is -2.30. The van der Waals surface area contributed by atoms with Crippen LogP contribution in [0.15, 0.2) is 0 Å². The number of thiol groups is 1. The quantitative estimate of drug-likeness (QED) is 0.622. The molecule has 80 valence electrons. The van der Waals surface area contributed by atoms with Gasteiger partial charge in [-0.3, -0.25) is 0 Å². The van der Waals surface area contributed by atoms with E-state index in [1.54, 1.807) is 0 Å². The molecule has 13 heavy (non-hydrogen) atoms. The molecule has 2 heteroatoms. The zero-order chi connectivity index (χ0) is 10.3. The molecule has 2 unspecified atom stereocenters. The molecule has 0 aromatic rings. The van der Waals surface area contributed by atoms with Crippen LogP contribution in [0.5, 0.6) is 0 Å². The summed E-state index contributed by atoms with van der Waals surface area (Å²) in [7, 11) is 2.22. The van der Waals surface area contributed by atoms with Gasteiger partial charge >= 0.3 is 0 Å². The van der Waals surface area contributed by atoms with Crippen LogP contribution in [0.3, 0.4) is 0 Å². The van der Waals surface area contributed by atoms with Gasteiger partial charge in [0.25, 0.3) is 0 Å². The number of rotatable bonds is 7. The molecule has 0 aromatic carbocycles. The van der Waals surface area contributed by atoms with Crippen LogP contribution < -0.4 is 0 Å². The first kappa shape index (κ1) is 13.3. The minimum Gasteiger partial charge on any atom is -0.304 e. The number of hydrogen-bond donors (Lipinski definition) is 1. The first-order chi connectivity index (χ1) is 6.11. The Hall–Kier alpha value is 0.310. The minimum atomic E-state index is 0.725. The molecule has 0 heterocycles. The maximum atomic E-state index is 4.25. The first-order valence-corrected chi connectivity index (χ1v) is 6.06. The summed E-state index contributed by atoms with van der Waals surface area (Å²) in [5, 5.41) is 0. The van der Waals surface area contributed by atoms with Gasteiger partial charge in [0, 0.05) is 6.04 Å². The lowest BCUT2D eigenvalue weighted by Gasteiger charge is -2.24. The lowest BCUT2D eigenvalue weighted by atomic mass is 10.0. The fourth-order valence-electron chi connectivity index (χ4n) is 1.32. The topological polar surface area (TPSA) is 3.24 Å². The van der Waals surface area contributed by atoms with E-state index in [0.29, 0.717) is 0 Å². The average Bonchev–Trinajstić information content (AvgIpc) is 2.13. The van der Waals surface area contributed by atoms with Crippen molar-refractivity contribution in [3.63, 3.8) is 0 Å². The highest BCUT2D eigenvalue weighted by atomic mass is 32.1. The highest BCUT2D eigenvalue weighted by Crippen LogP contribution is 2.10. The predicted octanol–water partition coefficient (Wildman–Crippen LogP) is 3.06. The molecule has 0 fully saturated rings. The summed E-state index contributed by atoms with van der Waals surface area (Å²) < 4.78 is 0. The van der Waals surface area contributed by atoms with Crippen molar-refractivity contribution < 1.29 is 0 Å². The molecular weight excluding hydrogens is 178 g/mol. The van der Waals surface area contributed by atoms with E-state index in [4.69, 9.17) is 0 Å². The molecule has 0 aliphatic heterocycles. The first-order valence-electron chi connectivity index (χ1n) is 5.42. The van der Waals surface area contributed by atoms with Crippen molar-refractivity contribution in [3.05, 3.63) is 0 Å². The van der Waals surface area contributed by atoms with Gasteiger partial charge in [0.15, 0.2) is 0 Å². The van der Waals surface area contributed by atoms with E-state index < -0.39 is 0 Å². The van der Waals surface area contributed by atoms with Crippen LogP contribution in [0, 0.1) is 5.92 Å². The fraction of sp³-hybridized carbons (Fsp3) is 1.00. The van der Waals surface area contributed by atoms with Crippen molar-refractivity contribution in [1.29, 1.82) is 0 Å². The Kier molecular flexibility index (Phi) is 7.87. The fourth-order valence-corrected chi connectivity index (χ4v) is 1.76. The highest BCUT2D eigenvalue weighted by molar-refractivity contribution is 7.80. The van der Waals surface area contributed by atoms with Crippen LogP contribution in [-0.4, -0.2) is 30.3 Å². The number of hydrogen-bond acceptors (Lipinski definition) is 2. The van der Waals surface area contributed by atoms with Crippen molar-refractivity contribution in [2.45, 2.75) is 46.1 Å². The van der Waals surface area contributed by atoms with Crippen LogP contribution in [0.25, 0.3) is 0 Å². The van der Waals surface area contributed by atoms with Crippen LogP contribution in [0.2, 0.25) is 0 Å². The molecule has 0 radical (unpaired) electrons. The van der Waals surface area contributed by atoms with E-state index in [2.05, 4.69) is 45.3 Å². The minimum absolute atomic E-state index is 0.725. The molecule has 0 aliphatic carbocycles. The van der Waals surface area contributed by atoms with E-state index in [1.165, 1.54) is 25.8 Å². The van der Waals surface area contributed by atoms with E-state index >= 15 is 0 Å². The van der Waals surface area contributed by atoms with Crippen molar-refractivity contribution >= 4 is 12.6 Å². The van der Waals surface area contributed by atoms with Crippen LogP contribution in [0.4, 0.5) is 0 Å². The van der Waals surface area contributed by atoms with E-state index in [0.717, 1.165) is 17.7 Å². The standard InChI is InChI=1S/C11H25NS/c1-5-11(3)12(4)8-6-10(2)7-9-13/h10-11,13H,5-9H2,1-4H3. The Bertz CT molecular complexity index is 117. The van der Waals surface area contributed by atoms with Crippen molar-refractivity contribution in [1.82, 2.24) is 4.90 Å². The van der Waals surface area contributed by atoms with Crippen molar-refractivity contribution in [3.8, 4) is 0 Å². The molecule has 0 saturated carbocycles. The molecule has 0 aromatic heterocycles. The zero-order valence-electron chi connectivity index (χ0n) is 9.58. The van der Waals surface area contributed by atoms with Gasteiger partial charge in [-0.1, -0.05) is 13.8 Å². The molecule has 1 nitrogen and oxygen atoms in total. The highest BCUT2D eigenvalue weighted by Gasteiger charge is 2.08. The van der Waals surface area contributed by atoms with Gasteiger partial charge in [-0.25, -0.2) is 0 Å². The van der Waals surface area contributed by atoms with Gasteiger partial charge in [-0.2, -0.15) is 12.6 Å².